The van der Waals surface area contributed by atoms with E-state index >= 15 is 0 Å². The lowest BCUT2D eigenvalue weighted by Gasteiger charge is -2.02. The Morgan fingerprint density at radius 3 is 2.74 bits per heavy atom. The number of hydrogen-bond acceptors (Lipinski definition) is 5. The molecule has 4 heterocycles. The van der Waals surface area contributed by atoms with Gasteiger partial charge in [0.05, 0.1) is 23.6 Å². The van der Waals surface area contributed by atoms with E-state index in [0.29, 0.717) is 11.5 Å². The van der Waals surface area contributed by atoms with E-state index in [0.717, 1.165) is 5.52 Å². The number of aromatic nitrogens is 6. The zero-order valence-corrected chi connectivity index (χ0v) is 11.9. The van der Waals surface area contributed by atoms with Gasteiger partial charge in [-0.3, -0.25) is 13.8 Å². The number of amides is 1. The van der Waals surface area contributed by atoms with Crippen LogP contribution in [0.5, 0.6) is 0 Å². The minimum atomic E-state index is -0.340. The molecule has 0 unspecified atom stereocenters. The van der Waals surface area contributed by atoms with Crippen LogP contribution in [0.4, 0.5) is 5.69 Å². The molecule has 4 aromatic heterocycles. The molecule has 0 aliphatic rings. The highest BCUT2D eigenvalue weighted by Crippen LogP contribution is 2.18. The molecule has 0 aliphatic heterocycles. The van der Waals surface area contributed by atoms with Crippen molar-refractivity contribution in [3.05, 3.63) is 67.7 Å². The van der Waals surface area contributed by atoms with Crippen molar-refractivity contribution in [3.8, 4) is 5.82 Å². The van der Waals surface area contributed by atoms with Gasteiger partial charge in [0.25, 0.3) is 5.91 Å². The molecule has 0 bridgehead atoms. The molecule has 112 valence electrons. The van der Waals surface area contributed by atoms with Gasteiger partial charge in [0.15, 0.2) is 5.82 Å². The van der Waals surface area contributed by atoms with Crippen LogP contribution in [0.25, 0.3) is 11.3 Å². The van der Waals surface area contributed by atoms with Gasteiger partial charge in [0.1, 0.15) is 12.7 Å². The number of imidazole rings is 2. The topological polar surface area (TPSA) is 90.0 Å². The standard InChI is InChI=1S/C15H11N7O/c23-15(19-11-7-17-9-18-8-11)14-20-13(21-6-4-16-10-21)12-3-1-2-5-22(12)14/h1-10H,(H,19,23). The number of nitrogens with one attached hydrogen (secondary N) is 1. The van der Waals surface area contributed by atoms with Crippen LogP contribution < -0.4 is 5.32 Å². The monoisotopic (exact) mass is 305 g/mol. The Bertz CT molecular complexity index is 960. The summed E-state index contributed by atoms with van der Waals surface area (Å²) in [4.78, 5) is 28.8. The Morgan fingerprint density at radius 2 is 1.96 bits per heavy atom. The Kier molecular flexibility index (Phi) is 3.05. The molecule has 8 nitrogen and oxygen atoms in total. The molecule has 1 N–H and O–H groups in total. The first-order valence-electron chi connectivity index (χ1n) is 6.85. The van der Waals surface area contributed by atoms with Gasteiger partial charge in [-0.1, -0.05) is 6.07 Å². The summed E-state index contributed by atoms with van der Waals surface area (Å²) in [6.07, 6.45) is 11.3. The van der Waals surface area contributed by atoms with E-state index in [1.165, 1.54) is 18.7 Å². The molecule has 4 rings (SSSR count). The van der Waals surface area contributed by atoms with Crippen molar-refractivity contribution in [3.63, 3.8) is 0 Å². The number of anilines is 1. The van der Waals surface area contributed by atoms with E-state index < -0.39 is 0 Å². The summed E-state index contributed by atoms with van der Waals surface area (Å²) in [5.41, 5.74) is 1.31. The average molecular weight is 305 g/mol. The molecule has 4 aromatic rings. The first kappa shape index (κ1) is 13.1. The maximum Gasteiger partial charge on any atom is 0.292 e. The Labute approximate surface area is 130 Å². The van der Waals surface area contributed by atoms with Crippen LogP contribution in [0.15, 0.2) is 61.8 Å². The second kappa shape index (κ2) is 5.34. The van der Waals surface area contributed by atoms with Crippen molar-refractivity contribution in [2.45, 2.75) is 0 Å². The van der Waals surface area contributed by atoms with Crippen LogP contribution in [0.1, 0.15) is 10.6 Å². The normalized spacial score (nSPS) is 10.8. The van der Waals surface area contributed by atoms with Gasteiger partial charge in [-0.05, 0) is 12.1 Å². The predicted octanol–water partition coefficient (Wildman–Crippen LogP) is 1.56. The number of fused-ring (bicyclic) bond motifs is 1. The predicted molar refractivity (Wildman–Crippen MR) is 82.3 cm³/mol. The third-order valence-corrected chi connectivity index (χ3v) is 3.30. The minimum absolute atomic E-state index is 0.271. The van der Waals surface area contributed by atoms with Crippen LogP contribution in [-0.2, 0) is 0 Å². The molecule has 0 atom stereocenters. The van der Waals surface area contributed by atoms with Crippen molar-refractivity contribution in [1.82, 2.24) is 28.9 Å². The van der Waals surface area contributed by atoms with Gasteiger partial charge in [-0.15, -0.1) is 0 Å². The number of carbonyl (C=O) groups is 1. The second-order valence-corrected chi connectivity index (χ2v) is 4.77. The summed E-state index contributed by atoms with van der Waals surface area (Å²) in [6.45, 7) is 0. The zero-order valence-electron chi connectivity index (χ0n) is 11.9. The maximum absolute atomic E-state index is 12.5. The number of hydrogen-bond donors (Lipinski definition) is 1. The van der Waals surface area contributed by atoms with E-state index in [2.05, 4.69) is 25.3 Å². The molecule has 0 saturated carbocycles. The number of carbonyl (C=O) groups excluding carboxylic acids is 1. The van der Waals surface area contributed by atoms with Crippen molar-refractivity contribution in [2.75, 3.05) is 5.32 Å². The fourth-order valence-corrected chi connectivity index (χ4v) is 2.31. The third kappa shape index (κ3) is 2.31. The van der Waals surface area contributed by atoms with Crippen LogP contribution in [0.3, 0.4) is 0 Å². The lowest BCUT2D eigenvalue weighted by atomic mass is 10.4. The molecule has 0 aromatic carbocycles. The summed E-state index contributed by atoms with van der Waals surface area (Å²) in [5, 5.41) is 2.74. The van der Waals surface area contributed by atoms with Crippen LogP contribution >= 0.6 is 0 Å². The number of pyridine rings is 1. The van der Waals surface area contributed by atoms with E-state index in [1.54, 1.807) is 33.9 Å². The molecule has 0 aliphatic carbocycles. The molecule has 0 spiro atoms. The van der Waals surface area contributed by atoms with Crippen molar-refractivity contribution in [1.29, 1.82) is 0 Å². The van der Waals surface area contributed by atoms with Crippen molar-refractivity contribution >= 4 is 17.1 Å². The Hall–Kier alpha value is -3.55. The lowest BCUT2D eigenvalue weighted by Crippen LogP contribution is -2.15. The number of nitrogens with zero attached hydrogens (tertiary/aromatic N) is 6. The molecule has 8 heteroatoms. The van der Waals surface area contributed by atoms with Crippen molar-refractivity contribution in [2.24, 2.45) is 0 Å². The Morgan fingerprint density at radius 1 is 1.09 bits per heavy atom. The third-order valence-electron chi connectivity index (χ3n) is 3.30. The highest BCUT2D eigenvalue weighted by Gasteiger charge is 2.18. The van der Waals surface area contributed by atoms with E-state index in [-0.39, 0.29) is 11.7 Å². The smallest absolute Gasteiger partial charge is 0.292 e. The molecule has 0 fully saturated rings. The summed E-state index contributed by atoms with van der Waals surface area (Å²) in [6, 6.07) is 5.63. The SMILES string of the molecule is O=C(Nc1cncnc1)c1nc(-n2ccnc2)c2ccccn12. The summed E-state index contributed by atoms with van der Waals surface area (Å²) in [7, 11) is 0. The van der Waals surface area contributed by atoms with E-state index in [1.807, 2.05) is 18.2 Å². The highest BCUT2D eigenvalue weighted by atomic mass is 16.2. The minimum Gasteiger partial charge on any atom is -0.317 e. The molecule has 0 radical (unpaired) electrons. The Balaban J connectivity index is 1.80. The second-order valence-electron chi connectivity index (χ2n) is 4.77. The molecule has 1 amide bonds. The van der Waals surface area contributed by atoms with Crippen molar-refractivity contribution < 1.29 is 4.79 Å². The van der Waals surface area contributed by atoms with Crippen LogP contribution in [0, 0.1) is 0 Å². The van der Waals surface area contributed by atoms with Gasteiger partial charge < -0.3 is 5.32 Å². The summed E-state index contributed by atoms with van der Waals surface area (Å²) < 4.78 is 3.49. The molecule has 0 saturated heterocycles. The van der Waals surface area contributed by atoms with Crippen LogP contribution in [-0.4, -0.2) is 34.8 Å². The fourth-order valence-electron chi connectivity index (χ4n) is 2.31. The lowest BCUT2D eigenvalue weighted by molar-refractivity contribution is 0.101. The molecule has 23 heavy (non-hydrogen) atoms. The maximum atomic E-state index is 12.5. The molecular weight excluding hydrogens is 294 g/mol. The van der Waals surface area contributed by atoms with Crippen LogP contribution in [0.2, 0.25) is 0 Å². The summed E-state index contributed by atoms with van der Waals surface area (Å²) >= 11 is 0. The van der Waals surface area contributed by atoms with Gasteiger partial charge in [-0.2, -0.15) is 0 Å². The average Bonchev–Trinajstić information content (AvgIpc) is 3.23. The molecular formula is C15H11N7O. The van der Waals surface area contributed by atoms with Gasteiger partial charge >= 0.3 is 0 Å². The summed E-state index contributed by atoms with van der Waals surface area (Å²) in [5.74, 6) is 0.568. The quantitative estimate of drug-likeness (QED) is 0.620. The van der Waals surface area contributed by atoms with Gasteiger partial charge in [0.2, 0.25) is 5.82 Å². The van der Waals surface area contributed by atoms with Gasteiger partial charge in [-0.25, -0.2) is 19.9 Å². The fraction of sp³-hybridized carbons (Fsp3) is 0. The van der Waals surface area contributed by atoms with E-state index in [9.17, 15) is 4.79 Å². The van der Waals surface area contributed by atoms with Gasteiger partial charge in [0, 0.05) is 18.6 Å². The van der Waals surface area contributed by atoms with E-state index in [4.69, 9.17) is 0 Å². The first-order chi connectivity index (χ1) is 11.3. The number of rotatable bonds is 3. The zero-order chi connectivity index (χ0) is 15.6. The highest BCUT2D eigenvalue weighted by molar-refractivity contribution is 6.02. The largest absolute Gasteiger partial charge is 0.317 e. The first-order valence-corrected chi connectivity index (χ1v) is 6.85.